The van der Waals surface area contributed by atoms with Crippen LogP contribution in [0.5, 0.6) is 0 Å². The summed E-state index contributed by atoms with van der Waals surface area (Å²) < 4.78 is 12.9. The maximum atomic E-state index is 5.78. The lowest BCUT2D eigenvalue weighted by Crippen LogP contribution is -2.43. The van der Waals surface area contributed by atoms with E-state index in [1.807, 2.05) is 29.9 Å². The molecule has 1 saturated heterocycles. The molecule has 102 valence electrons. The monoisotopic (exact) mass is 262 g/mol. The molecule has 0 spiro atoms. The smallest absolute Gasteiger partial charge is 0.150 e. The molecule has 0 aliphatic carbocycles. The number of nitrogens with zero attached hydrogens (tertiary/aromatic N) is 4. The van der Waals surface area contributed by atoms with Crippen LogP contribution >= 0.6 is 0 Å². The van der Waals surface area contributed by atoms with Crippen molar-refractivity contribution in [1.82, 2.24) is 19.8 Å². The fourth-order valence-corrected chi connectivity index (χ4v) is 2.36. The lowest BCUT2D eigenvalue weighted by Gasteiger charge is -2.32. The number of rotatable bonds is 4. The zero-order valence-electron chi connectivity index (χ0n) is 11.0. The fourth-order valence-electron chi connectivity index (χ4n) is 2.36. The van der Waals surface area contributed by atoms with Gasteiger partial charge in [0.15, 0.2) is 5.76 Å². The van der Waals surface area contributed by atoms with Gasteiger partial charge in [-0.15, -0.1) is 0 Å². The van der Waals surface area contributed by atoms with E-state index in [2.05, 4.69) is 15.2 Å². The molecular weight excluding hydrogens is 244 g/mol. The Labute approximate surface area is 111 Å². The third-order valence-electron chi connectivity index (χ3n) is 3.23. The van der Waals surface area contributed by atoms with E-state index in [-0.39, 0.29) is 6.10 Å². The molecule has 2 aromatic heterocycles. The van der Waals surface area contributed by atoms with E-state index in [0.717, 1.165) is 44.2 Å². The van der Waals surface area contributed by atoms with Crippen molar-refractivity contribution in [2.45, 2.75) is 26.1 Å². The van der Waals surface area contributed by atoms with Crippen LogP contribution in [0.15, 0.2) is 29.0 Å². The quantitative estimate of drug-likeness (QED) is 0.825. The van der Waals surface area contributed by atoms with E-state index >= 15 is 0 Å². The summed E-state index contributed by atoms with van der Waals surface area (Å²) in [6.07, 6.45) is 3.93. The van der Waals surface area contributed by atoms with Crippen molar-refractivity contribution >= 4 is 0 Å². The molecule has 0 aromatic carbocycles. The lowest BCUT2D eigenvalue weighted by atomic mass is 10.2. The van der Waals surface area contributed by atoms with E-state index in [4.69, 9.17) is 9.26 Å². The summed E-state index contributed by atoms with van der Waals surface area (Å²) in [5.41, 5.74) is 0.927. The molecule has 0 N–H and O–H groups in total. The van der Waals surface area contributed by atoms with Crippen LogP contribution in [0.2, 0.25) is 0 Å². The fraction of sp³-hybridized carbons (Fsp3) is 0.538. The third kappa shape index (κ3) is 3.21. The van der Waals surface area contributed by atoms with Crippen LogP contribution in [0.25, 0.3) is 0 Å². The molecule has 19 heavy (non-hydrogen) atoms. The molecule has 1 fully saturated rings. The maximum absolute atomic E-state index is 5.78. The molecule has 1 aliphatic heterocycles. The van der Waals surface area contributed by atoms with Crippen molar-refractivity contribution in [3.63, 3.8) is 0 Å². The summed E-state index contributed by atoms with van der Waals surface area (Å²) >= 11 is 0. The Balaban J connectivity index is 1.55. The molecule has 6 heteroatoms. The van der Waals surface area contributed by atoms with E-state index in [1.54, 1.807) is 6.20 Å². The van der Waals surface area contributed by atoms with Crippen LogP contribution in [0.3, 0.4) is 0 Å². The van der Waals surface area contributed by atoms with Crippen LogP contribution in [0.4, 0.5) is 0 Å². The van der Waals surface area contributed by atoms with Gasteiger partial charge in [-0.25, -0.2) is 0 Å². The van der Waals surface area contributed by atoms with Crippen LogP contribution in [0.1, 0.15) is 11.5 Å². The number of aromatic nitrogens is 3. The normalized spacial score (nSPS) is 20.8. The Bertz CT molecular complexity index is 508. The molecule has 1 atom stereocenters. The first-order valence-corrected chi connectivity index (χ1v) is 6.53. The third-order valence-corrected chi connectivity index (χ3v) is 3.23. The van der Waals surface area contributed by atoms with Crippen molar-refractivity contribution in [1.29, 1.82) is 0 Å². The van der Waals surface area contributed by atoms with Crippen molar-refractivity contribution in [2.75, 3.05) is 19.7 Å². The van der Waals surface area contributed by atoms with Gasteiger partial charge in [0.2, 0.25) is 0 Å². The molecule has 0 amide bonds. The standard InChI is InChI=1S/C13H18N4O2/c1-11-7-12(19-15-11)8-16-5-6-18-13(9-16)10-17-4-2-3-14-17/h2-4,7,13H,5-6,8-10H2,1H3/t13-/m1/s1. The Morgan fingerprint density at radius 1 is 1.47 bits per heavy atom. The summed E-state index contributed by atoms with van der Waals surface area (Å²) in [5.74, 6) is 0.914. The van der Waals surface area contributed by atoms with Gasteiger partial charge in [0, 0.05) is 31.5 Å². The molecule has 3 heterocycles. The van der Waals surface area contributed by atoms with Gasteiger partial charge in [0.05, 0.1) is 31.5 Å². The highest BCUT2D eigenvalue weighted by Crippen LogP contribution is 2.12. The van der Waals surface area contributed by atoms with Crippen LogP contribution in [-0.2, 0) is 17.8 Å². The molecule has 3 rings (SSSR count). The van der Waals surface area contributed by atoms with Crippen molar-refractivity contribution in [3.8, 4) is 0 Å². The minimum atomic E-state index is 0.178. The topological polar surface area (TPSA) is 56.3 Å². The molecule has 0 saturated carbocycles. The highest BCUT2D eigenvalue weighted by atomic mass is 16.5. The van der Waals surface area contributed by atoms with Gasteiger partial charge < -0.3 is 9.26 Å². The summed E-state index contributed by atoms with van der Waals surface area (Å²) in [7, 11) is 0. The predicted octanol–water partition coefficient (Wildman–Crippen LogP) is 1.08. The second-order valence-electron chi connectivity index (χ2n) is 4.89. The van der Waals surface area contributed by atoms with Crippen LogP contribution < -0.4 is 0 Å². The first kappa shape index (κ1) is 12.4. The van der Waals surface area contributed by atoms with E-state index in [9.17, 15) is 0 Å². The zero-order chi connectivity index (χ0) is 13.1. The maximum Gasteiger partial charge on any atom is 0.150 e. The van der Waals surface area contributed by atoms with E-state index in [1.165, 1.54) is 0 Å². The first-order valence-electron chi connectivity index (χ1n) is 6.53. The van der Waals surface area contributed by atoms with Crippen molar-refractivity contribution in [3.05, 3.63) is 36.0 Å². The predicted molar refractivity (Wildman–Crippen MR) is 68.5 cm³/mol. The van der Waals surface area contributed by atoms with Gasteiger partial charge >= 0.3 is 0 Å². The number of ether oxygens (including phenoxy) is 1. The van der Waals surface area contributed by atoms with Gasteiger partial charge in [-0.2, -0.15) is 5.10 Å². The Morgan fingerprint density at radius 2 is 2.42 bits per heavy atom. The average Bonchev–Trinajstić information content (AvgIpc) is 3.02. The highest BCUT2D eigenvalue weighted by Gasteiger charge is 2.22. The van der Waals surface area contributed by atoms with E-state index < -0.39 is 0 Å². The molecule has 1 aliphatic rings. The Morgan fingerprint density at radius 3 is 3.16 bits per heavy atom. The molecule has 0 radical (unpaired) electrons. The minimum absolute atomic E-state index is 0.178. The highest BCUT2D eigenvalue weighted by molar-refractivity contribution is 5.03. The number of aryl methyl sites for hydroxylation is 1. The van der Waals surface area contributed by atoms with E-state index in [0.29, 0.717) is 0 Å². The molecule has 6 nitrogen and oxygen atoms in total. The molecule has 2 aromatic rings. The number of hydrogen-bond acceptors (Lipinski definition) is 5. The minimum Gasteiger partial charge on any atom is -0.374 e. The average molecular weight is 262 g/mol. The van der Waals surface area contributed by atoms with Gasteiger partial charge in [0.1, 0.15) is 0 Å². The summed E-state index contributed by atoms with van der Waals surface area (Å²) in [6.45, 7) is 6.08. The van der Waals surface area contributed by atoms with Crippen LogP contribution in [0, 0.1) is 6.92 Å². The van der Waals surface area contributed by atoms with Gasteiger partial charge in [-0.3, -0.25) is 9.58 Å². The van der Waals surface area contributed by atoms with Gasteiger partial charge in [0.25, 0.3) is 0 Å². The summed E-state index contributed by atoms with van der Waals surface area (Å²) in [5, 5.41) is 8.13. The van der Waals surface area contributed by atoms with Gasteiger partial charge in [-0.05, 0) is 13.0 Å². The van der Waals surface area contributed by atoms with Crippen molar-refractivity contribution < 1.29 is 9.26 Å². The molecule has 0 bridgehead atoms. The van der Waals surface area contributed by atoms with Crippen molar-refractivity contribution in [2.24, 2.45) is 0 Å². The largest absolute Gasteiger partial charge is 0.374 e. The molecule has 0 unspecified atom stereocenters. The summed E-state index contributed by atoms with van der Waals surface area (Å²) in [4.78, 5) is 2.33. The molecular formula is C13H18N4O2. The lowest BCUT2D eigenvalue weighted by molar-refractivity contribution is -0.0422. The Hall–Kier alpha value is -1.66. The first-order chi connectivity index (χ1) is 9.29. The van der Waals surface area contributed by atoms with Crippen LogP contribution in [-0.4, -0.2) is 45.6 Å². The number of morpholine rings is 1. The number of hydrogen-bond donors (Lipinski definition) is 0. The SMILES string of the molecule is Cc1cc(CN2CCO[C@@H](Cn3cccn3)C2)on1. The Kier molecular flexibility index (Phi) is 3.61. The second kappa shape index (κ2) is 5.54. The second-order valence-corrected chi connectivity index (χ2v) is 4.89. The zero-order valence-corrected chi connectivity index (χ0v) is 11.0. The van der Waals surface area contributed by atoms with Gasteiger partial charge in [-0.1, -0.05) is 5.16 Å². The summed E-state index contributed by atoms with van der Waals surface area (Å²) in [6, 6.07) is 3.91.